The van der Waals surface area contributed by atoms with Crippen LogP contribution in [0.25, 0.3) is 0 Å². The largest absolute Gasteiger partial charge is 0.508 e. The molecule has 0 saturated carbocycles. The number of phenols is 1. The van der Waals surface area contributed by atoms with Crippen molar-refractivity contribution in [3.63, 3.8) is 0 Å². The van der Waals surface area contributed by atoms with E-state index in [4.69, 9.17) is 5.73 Å². The Bertz CT molecular complexity index is 757. The summed E-state index contributed by atoms with van der Waals surface area (Å²) in [6.07, 6.45) is 0. The van der Waals surface area contributed by atoms with Gasteiger partial charge in [-0.25, -0.2) is 8.42 Å². The Morgan fingerprint density at radius 2 is 1.90 bits per heavy atom. The molecule has 0 radical (unpaired) electrons. The first kappa shape index (κ1) is 15.3. The third-order valence-electron chi connectivity index (χ3n) is 3.27. The van der Waals surface area contributed by atoms with E-state index in [2.05, 4.69) is 0 Å². The highest BCUT2D eigenvalue weighted by Gasteiger charge is 2.21. The number of nitrogens with two attached hydrogens (primary N) is 1. The van der Waals surface area contributed by atoms with E-state index in [1.54, 1.807) is 43.3 Å². The van der Waals surface area contributed by atoms with E-state index in [1.807, 2.05) is 0 Å². The van der Waals surface area contributed by atoms with Gasteiger partial charge in [0.15, 0.2) is 0 Å². The summed E-state index contributed by atoms with van der Waals surface area (Å²) in [6.45, 7) is 1.95. The lowest BCUT2D eigenvalue weighted by Gasteiger charge is -2.18. The SMILES string of the molecule is Cc1cc(S(=O)(=O)N(C)Cc2cccc(O)c2)ccc1N. The van der Waals surface area contributed by atoms with Gasteiger partial charge < -0.3 is 10.8 Å². The smallest absolute Gasteiger partial charge is 0.243 e. The zero-order chi connectivity index (χ0) is 15.6. The van der Waals surface area contributed by atoms with Crippen LogP contribution >= 0.6 is 0 Å². The molecular weight excluding hydrogens is 288 g/mol. The molecule has 3 N–H and O–H groups in total. The van der Waals surface area contributed by atoms with Gasteiger partial charge in [-0.15, -0.1) is 0 Å². The van der Waals surface area contributed by atoms with E-state index < -0.39 is 10.0 Å². The predicted octanol–water partition coefficient (Wildman–Crippen LogP) is 2.10. The van der Waals surface area contributed by atoms with Crippen molar-refractivity contribution in [2.24, 2.45) is 0 Å². The van der Waals surface area contributed by atoms with Crippen LogP contribution in [0.15, 0.2) is 47.4 Å². The molecule has 0 aliphatic rings. The maximum atomic E-state index is 12.5. The molecule has 5 nitrogen and oxygen atoms in total. The molecule has 0 aliphatic carbocycles. The fourth-order valence-electron chi connectivity index (χ4n) is 1.99. The molecular formula is C15H18N2O3S. The van der Waals surface area contributed by atoms with Crippen LogP contribution in [0.4, 0.5) is 5.69 Å². The third-order valence-corrected chi connectivity index (χ3v) is 5.06. The normalized spacial score (nSPS) is 11.8. The van der Waals surface area contributed by atoms with E-state index in [0.717, 1.165) is 5.56 Å². The van der Waals surface area contributed by atoms with Gasteiger partial charge in [0.05, 0.1) is 4.90 Å². The number of anilines is 1. The number of aromatic hydroxyl groups is 1. The molecule has 0 bridgehead atoms. The first-order chi connectivity index (χ1) is 9.80. The van der Waals surface area contributed by atoms with Crippen molar-refractivity contribution in [3.05, 3.63) is 53.6 Å². The highest BCUT2D eigenvalue weighted by atomic mass is 32.2. The summed E-state index contributed by atoms with van der Waals surface area (Å²) in [6, 6.07) is 11.2. The summed E-state index contributed by atoms with van der Waals surface area (Å²) >= 11 is 0. The van der Waals surface area contributed by atoms with Crippen molar-refractivity contribution in [1.29, 1.82) is 0 Å². The molecule has 0 fully saturated rings. The second-order valence-electron chi connectivity index (χ2n) is 4.95. The first-order valence-electron chi connectivity index (χ1n) is 6.41. The molecule has 112 valence electrons. The fourth-order valence-corrected chi connectivity index (χ4v) is 3.23. The number of nitrogen functional groups attached to an aromatic ring is 1. The fraction of sp³-hybridized carbons (Fsp3) is 0.200. The maximum absolute atomic E-state index is 12.5. The third kappa shape index (κ3) is 3.34. The van der Waals surface area contributed by atoms with Crippen molar-refractivity contribution < 1.29 is 13.5 Å². The van der Waals surface area contributed by atoms with Crippen LogP contribution in [-0.2, 0) is 16.6 Å². The van der Waals surface area contributed by atoms with E-state index in [-0.39, 0.29) is 17.2 Å². The number of sulfonamides is 1. The Morgan fingerprint density at radius 1 is 1.19 bits per heavy atom. The Labute approximate surface area is 124 Å². The van der Waals surface area contributed by atoms with Gasteiger partial charge in [-0.1, -0.05) is 12.1 Å². The summed E-state index contributed by atoms with van der Waals surface area (Å²) in [4.78, 5) is 0.205. The minimum Gasteiger partial charge on any atom is -0.508 e. The van der Waals surface area contributed by atoms with Gasteiger partial charge in [-0.2, -0.15) is 4.31 Å². The Kier molecular flexibility index (Phi) is 4.20. The second kappa shape index (κ2) is 5.75. The zero-order valence-corrected chi connectivity index (χ0v) is 12.8. The number of hydrogen-bond acceptors (Lipinski definition) is 4. The van der Waals surface area contributed by atoms with Crippen molar-refractivity contribution in [2.45, 2.75) is 18.4 Å². The Balaban J connectivity index is 2.28. The predicted molar refractivity (Wildman–Crippen MR) is 82.4 cm³/mol. The van der Waals surface area contributed by atoms with E-state index in [9.17, 15) is 13.5 Å². The van der Waals surface area contributed by atoms with Gasteiger partial charge in [0.2, 0.25) is 10.0 Å². The van der Waals surface area contributed by atoms with Gasteiger partial charge >= 0.3 is 0 Å². The van der Waals surface area contributed by atoms with Gasteiger partial charge in [-0.3, -0.25) is 0 Å². The van der Waals surface area contributed by atoms with Gasteiger partial charge in [0.1, 0.15) is 5.75 Å². The van der Waals surface area contributed by atoms with Crippen molar-refractivity contribution in [2.75, 3.05) is 12.8 Å². The average Bonchev–Trinajstić information content (AvgIpc) is 2.41. The minimum atomic E-state index is -3.59. The lowest BCUT2D eigenvalue weighted by Crippen LogP contribution is -2.26. The minimum absolute atomic E-state index is 0.113. The van der Waals surface area contributed by atoms with E-state index >= 15 is 0 Å². The molecule has 2 rings (SSSR count). The number of aryl methyl sites for hydroxylation is 1. The average molecular weight is 306 g/mol. The van der Waals surface area contributed by atoms with Crippen LogP contribution in [0, 0.1) is 6.92 Å². The Morgan fingerprint density at radius 3 is 2.52 bits per heavy atom. The molecule has 21 heavy (non-hydrogen) atoms. The van der Waals surface area contributed by atoms with Crippen LogP contribution < -0.4 is 5.73 Å². The first-order valence-corrected chi connectivity index (χ1v) is 7.85. The zero-order valence-electron chi connectivity index (χ0n) is 11.9. The van der Waals surface area contributed by atoms with Crippen LogP contribution in [0.2, 0.25) is 0 Å². The summed E-state index contributed by atoms with van der Waals surface area (Å²) in [5, 5.41) is 9.43. The highest BCUT2D eigenvalue weighted by molar-refractivity contribution is 7.89. The van der Waals surface area contributed by atoms with Crippen molar-refractivity contribution in [3.8, 4) is 5.75 Å². The molecule has 2 aromatic rings. The van der Waals surface area contributed by atoms with Crippen LogP contribution in [0.3, 0.4) is 0 Å². The van der Waals surface area contributed by atoms with Crippen molar-refractivity contribution >= 4 is 15.7 Å². The van der Waals surface area contributed by atoms with E-state index in [0.29, 0.717) is 11.3 Å². The molecule has 0 atom stereocenters. The lowest BCUT2D eigenvalue weighted by molar-refractivity contribution is 0.458. The summed E-state index contributed by atoms with van der Waals surface area (Å²) in [5.41, 5.74) is 7.71. The number of nitrogens with zero attached hydrogens (tertiary/aromatic N) is 1. The monoisotopic (exact) mass is 306 g/mol. The second-order valence-corrected chi connectivity index (χ2v) is 6.99. The summed E-state index contributed by atoms with van der Waals surface area (Å²) < 4.78 is 26.3. The number of benzene rings is 2. The molecule has 0 unspecified atom stereocenters. The Hall–Kier alpha value is -2.05. The molecule has 0 aliphatic heterocycles. The summed E-state index contributed by atoms with van der Waals surface area (Å²) in [5.74, 6) is 0.113. The van der Waals surface area contributed by atoms with Crippen molar-refractivity contribution in [1.82, 2.24) is 4.31 Å². The highest BCUT2D eigenvalue weighted by Crippen LogP contribution is 2.21. The van der Waals surface area contributed by atoms with Gasteiger partial charge in [0, 0.05) is 19.3 Å². The molecule has 6 heteroatoms. The number of rotatable bonds is 4. The van der Waals surface area contributed by atoms with Crippen LogP contribution in [0.1, 0.15) is 11.1 Å². The van der Waals surface area contributed by atoms with E-state index in [1.165, 1.54) is 17.4 Å². The summed E-state index contributed by atoms with van der Waals surface area (Å²) in [7, 11) is -2.09. The molecule has 0 aromatic heterocycles. The molecule has 0 heterocycles. The number of hydrogen-bond donors (Lipinski definition) is 2. The van der Waals surface area contributed by atoms with Crippen LogP contribution in [0.5, 0.6) is 5.75 Å². The number of phenolic OH excluding ortho intramolecular Hbond substituents is 1. The van der Waals surface area contributed by atoms with Gasteiger partial charge in [-0.05, 0) is 48.4 Å². The molecule has 0 saturated heterocycles. The quantitative estimate of drug-likeness (QED) is 0.847. The maximum Gasteiger partial charge on any atom is 0.243 e. The van der Waals surface area contributed by atoms with Gasteiger partial charge in [0.25, 0.3) is 0 Å². The molecule has 0 amide bonds. The molecule has 0 spiro atoms. The lowest BCUT2D eigenvalue weighted by atomic mass is 10.2. The standard InChI is InChI=1S/C15H18N2O3S/c1-11-8-14(6-7-15(11)16)21(19,20)17(2)10-12-4-3-5-13(18)9-12/h3-9,18H,10,16H2,1-2H3. The molecule has 2 aromatic carbocycles. The topological polar surface area (TPSA) is 83.6 Å². The van der Waals surface area contributed by atoms with Crippen LogP contribution in [-0.4, -0.2) is 24.9 Å².